The van der Waals surface area contributed by atoms with Gasteiger partial charge in [-0.25, -0.2) is 14.2 Å². The van der Waals surface area contributed by atoms with E-state index in [1.54, 1.807) is 35.6 Å². The first-order valence-electron chi connectivity index (χ1n) is 8.99. The molecule has 0 fully saturated rings. The first-order chi connectivity index (χ1) is 14.1. The number of carbonyl (C=O) groups is 1. The second kappa shape index (κ2) is 7.92. The second-order valence-corrected chi connectivity index (χ2v) is 7.15. The monoisotopic (exact) mass is 410 g/mol. The minimum absolute atomic E-state index is 0.111. The van der Waals surface area contributed by atoms with Crippen LogP contribution in [0.15, 0.2) is 47.3 Å². The lowest BCUT2D eigenvalue weighted by atomic mass is 10.2. The molecule has 0 radical (unpaired) electrons. The maximum absolute atomic E-state index is 12.9. The van der Waals surface area contributed by atoms with Gasteiger partial charge in [0.05, 0.1) is 29.3 Å². The van der Waals surface area contributed by atoms with Crippen molar-refractivity contribution in [2.24, 2.45) is 0 Å². The van der Waals surface area contributed by atoms with Gasteiger partial charge in [-0.05, 0) is 42.8 Å². The predicted octanol–water partition coefficient (Wildman–Crippen LogP) is 2.41. The Morgan fingerprint density at radius 2 is 2.03 bits per heavy atom. The molecule has 0 atom stereocenters. The highest BCUT2D eigenvalue weighted by Gasteiger charge is 2.12. The Balaban J connectivity index is 1.68. The number of hydrogen-bond donors (Lipinski definition) is 0. The smallest absolute Gasteiger partial charge is 0.344 e. The standard InChI is InChI=1S/C21H18N2O5S/c1-3-27-19(24)12-28-16-9-8-13(10-17(16)26-2)11-18-20(25)23-15-7-5-4-6-14(15)22-21(23)29-18/h4-11H,3,12H2,1-2H3/b18-11+. The Morgan fingerprint density at radius 3 is 2.83 bits per heavy atom. The number of para-hydroxylation sites is 2. The number of ether oxygens (including phenoxy) is 3. The van der Waals surface area contributed by atoms with E-state index in [1.165, 1.54) is 18.4 Å². The Kier molecular flexibility index (Phi) is 5.18. The molecule has 29 heavy (non-hydrogen) atoms. The number of imidazole rings is 1. The number of aromatic nitrogens is 2. The van der Waals surface area contributed by atoms with Gasteiger partial charge in [-0.1, -0.05) is 29.5 Å². The zero-order valence-corrected chi connectivity index (χ0v) is 16.7. The first-order valence-corrected chi connectivity index (χ1v) is 9.80. The summed E-state index contributed by atoms with van der Waals surface area (Å²) in [5.41, 5.74) is 2.26. The van der Waals surface area contributed by atoms with Crippen molar-refractivity contribution in [1.29, 1.82) is 0 Å². The van der Waals surface area contributed by atoms with Gasteiger partial charge in [-0.3, -0.25) is 4.79 Å². The first kappa shape index (κ1) is 18.9. The number of nitrogens with zero attached hydrogens (tertiary/aromatic N) is 2. The fraction of sp³-hybridized carbons (Fsp3) is 0.190. The van der Waals surface area contributed by atoms with Crippen molar-refractivity contribution in [2.75, 3.05) is 20.3 Å². The van der Waals surface area contributed by atoms with Crippen molar-refractivity contribution >= 4 is 39.4 Å². The Bertz CT molecular complexity index is 1310. The summed E-state index contributed by atoms with van der Waals surface area (Å²) >= 11 is 1.33. The number of hydrogen-bond acceptors (Lipinski definition) is 7. The summed E-state index contributed by atoms with van der Waals surface area (Å²) in [4.78, 5) is 29.5. The van der Waals surface area contributed by atoms with Gasteiger partial charge in [0.1, 0.15) is 0 Å². The third-order valence-electron chi connectivity index (χ3n) is 4.28. The van der Waals surface area contributed by atoms with Crippen LogP contribution in [0, 0.1) is 0 Å². The van der Waals surface area contributed by atoms with Gasteiger partial charge >= 0.3 is 5.97 Å². The summed E-state index contributed by atoms with van der Waals surface area (Å²) in [5, 5.41) is 0. The molecule has 0 bridgehead atoms. The maximum atomic E-state index is 12.9. The summed E-state index contributed by atoms with van der Waals surface area (Å²) < 4.78 is 17.9. The van der Waals surface area contributed by atoms with E-state index in [4.69, 9.17) is 14.2 Å². The van der Waals surface area contributed by atoms with Gasteiger partial charge < -0.3 is 14.2 Å². The molecule has 0 aliphatic carbocycles. The predicted molar refractivity (Wildman–Crippen MR) is 111 cm³/mol. The quantitative estimate of drug-likeness (QED) is 0.454. The van der Waals surface area contributed by atoms with Crippen molar-refractivity contribution in [3.05, 3.63) is 62.9 Å². The van der Waals surface area contributed by atoms with E-state index in [2.05, 4.69) is 4.98 Å². The molecule has 2 aromatic heterocycles. The van der Waals surface area contributed by atoms with Crippen LogP contribution in [0.2, 0.25) is 0 Å². The van der Waals surface area contributed by atoms with Gasteiger partial charge in [0, 0.05) is 0 Å². The molecule has 0 amide bonds. The molecule has 148 valence electrons. The van der Waals surface area contributed by atoms with Crippen LogP contribution < -0.4 is 19.6 Å². The zero-order valence-electron chi connectivity index (χ0n) is 15.9. The summed E-state index contributed by atoms with van der Waals surface area (Å²) in [7, 11) is 1.51. The van der Waals surface area contributed by atoms with Crippen molar-refractivity contribution in [3.63, 3.8) is 0 Å². The summed E-state index contributed by atoms with van der Waals surface area (Å²) in [6.07, 6.45) is 1.79. The number of rotatable bonds is 6. The average Bonchev–Trinajstić information content (AvgIpc) is 3.23. The number of carbonyl (C=O) groups excluding carboxylic acids is 1. The molecule has 0 unspecified atom stereocenters. The Morgan fingerprint density at radius 1 is 1.21 bits per heavy atom. The van der Waals surface area contributed by atoms with E-state index >= 15 is 0 Å². The van der Waals surface area contributed by atoms with E-state index < -0.39 is 5.97 Å². The molecule has 0 aliphatic heterocycles. The molecule has 0 saturated carbocycles. The van der Waals surface area contributed by atoms with Gasteiger partial charge in [-0.2, -0.15) is 0 Å². The zero-order chi connectivity index (χ0) is 20.4. The number of thiazole rings is 1. The van der Waals surface area contributed by atoms with Crippen LogP contribution >= 0.6 is 11.3 Å². The fourth-order valence-electron chi connectivity index (χ4n) is 3.00. The lowest BCUT2D eigenvalue weighted by Gasteiger charge is -2.10. The molecular weight excluding hydrogens is 392 g/mol. The lowest BCUT2D eigenvalue weighted by molar-refractivity contribution is -0.145. The average molecular weight is 410 g/mol. The Labute approximate surface area is 169 Å². The molecule has 0 spiro atoms. The van der Waals surface area contributed by atoms with Gasteiger partial charge in [-0.15, -0.1) is 0 Å². The van der Waals surface area contributed by atoms with E-state index in [0.29, 0.717) is 27.6 Å². The molecular formula is C21H18N2O5S. The molecule has 0 aliphatic rings. The van der Waals surface area contributed by atoms with Crippen molar-refractivity contribution < 1.29 is 19.0 Å². The van der Waals surface area contributed by atoms with Crippen molar-refractivity contribution in [1.82, 2.24) is 9.38 Å². The summed E-state index contributed by atoms with van der Waals surface area (Å²) in [6, 6.07) is 12.8. The molecule has 0 N–H and O–H groups in total. The van der Waals surface area contributed by atoms with Crippen molar-refractivity contribution in [3.8, 4) is 11.5 Å². The van der Waals surface area contributed by atoms with E-state index in [-0.39, 0.29) is 12.2 Å². The van der Waals surface area contributed by atoms with Crippen LogP contribution in [-0.4, -0.2) is 35.7 Å². The molecule has 4 rings (SSSR count). The topological polar surface area (TPSA) is 79.1 Å². The largest absolute Gasteiger partial charge is 0.493 e. The normalized spacial score (nSPS) is 11.9. The molecule has 2 heterocycles. The van der Waals surface area contributed by atoms with Gasteiger partial charge in [0.15, 0.2) is 23.1 Å². The SMILES string of the molecule is CCOC(=O)COc1ccc(/C=c2/sc3nc4ccccc4n3c2=O)cc1OC. The van der Waals surface area contributed by atoms with E-state index in [9.17, 15) is 9.59 Å². The lowest BCUT2D eigenvalue weighted by Crippen LogP contribution is -2.22. The number of benzene rings is 2. The highest BCUT2D eigenvalue weighted by atomic mass is 32.1. The fourth-order valence-corrected chi connectivity index (χ4v) is 3.98. The molecule has 0 saturated heterocycles. The minimum atomic E-state index is -0.449. The third-order valence-corrected chi connectivity index (χ3v) is 5.25. The van der Waals surface area contributed by atoms with E-state index in [0.717, 1.165) is 16.6 Å². The van der Waals surface area contributed by atoms with Crippen molar-refractivity contribution in [2.45, 2.75) is 6.92 Å². The van der Waals surface area contributed by atoms with Crippen LogP contribution in [0.5, 0.6) is 11.5 Å². The van der Waals surface area contributed by atoms with Crippen LogP contribution in [0.25, 0.3) is 22.1 Å². The van der Waals surface area contributed by atoms with Gasteiger partial charge in [0.2, 0.25) is 0 Å². The molecule has 7 nitrogen and oxygen atoms in total. The molecule has 4 aromatic rings. The van der Waals surface area contributed by atoms with E-state index in [1.807, 2.05) is 24.3 Å². The number of esters is 1. The second-order valence-electron chi connectivity index (χ2n) is 6.14. The highest BCUT2D eigenvalue weighted by Crippen LogP contribution is 2.28. The minimum Gasteiger partial charge on any atom is -0.493 e. The maximum Gasteiger partial charge on any atom is 0.344 e. The summed E-state index contributed by atoms with van der Waals surface area (Å²) in [6.45, 7) is 1.83. The number of fused-ring (bicyclic) bond motifs is 3. The van der Waals surface area contributed by atoms with Crippen LogP contribution in [0.1, 0.15) is 12.5 Å². The van der Waals surface area contributed by atoms with Crippen LogP contribution in [-0.2, 0) is 9.53 Å². The third kappa shape index (κ3) is 3.66. The molecule has 2 aromatic carbocycles. The Hall–Kier alpha value is -3.39. The van der Waals surface area contributed by atoms with Crippen LogP contribution in [0.3, 0.4) is 0 Å². The van der Waals surface area contributed by atoms with Crippen LogP contribution in [0.4, 0.5) is 0 Å². The number of methoxy groups -OCH3 is 1. The van der Waals surface area contributed by atoms with Gasteiger partial charge in [0.25, 0.3) is 5.56 Å². The summed E-state index contributed by atoms with van der Waals surface area (Å²) in [5.74, 6) is 0.435. The highest BCUT2D eigenvalue weighted by molar-refractivity contribution is 7.15. The molecule has 8 heteroatoms.